The third kappa shape index (κ3) is 5.95. The van der Waals surface area contributed by atoms with E-state index in [1.165, 1.54) is 39.5 Å². The number of nitrogens with one attached hydrogen (secondary N) is 1. The van der Waals surface area contributed by atoms with Gasteiger partial charge in [-0.2, -0.15) is 0 Å². The predicted molar refractivity (Wildman–Crippen MR) is 87.4 cm³/mol. The molecule has 1 aliphatic heterocycles. The number of rotatable bonds is 7. The van der Waals surface area contributed by atoms with Crippen LogP contribution in [0, 0.1) is 5.41 Å². The molecule has 1 saturated heterocycles. The molecule has 0 spiro atoms. The zero-order valence-electron chi connectivity index (χ0n) is 14.6. The lowest BCUT2D eigenvalue weighted by Crippen LogP contribution is -2.50. The fourth-order valence-electron chi connectivity index (χ4n) is 3.24. The zero-order chi connectivity index (χ0) is 15.9. The first-order valence-corrected chi connectivity index (χ1v) is 8.39. The first-order valence-electron chi connectivity index (χ1n) is 8.39. The molecule has 0 saturated carbocycles. The van der Waals surface area contributed by atoms with E-state index in [2.05, 4.69) is 24.1 Å². The standard InChI is InChI=1S/C17H34N2O2/c1-6-18-17(4,15(20)21-5)10-8-13-19-12-7-9-16(2,3)11-14-19/h18H,6-14H2,1-5H3. The van der Waals surface area contributed by atoms with Crippen molar-refractivity contribution in [1.29, 1.82) is 0 Å². The highest BCUT2D eigenvalue weighted by Crippen LogP contribution is 2.29. The lowest BCUT2D eigenvalue weighted by Gasteiger charge is -2.29. The molecule has 124 valence electrons. The van der Waals surface area contributed by atoms with E-state index in [0.717, 1.165) is 25.9 Å². The smallest absolute Gasteiger partial charge is 0.325 e. The van der Waals surface area contributed by atoms with Gasteiger partial charge in [-0.25, -0.2) is 0 Å². The fourth-order valence-corrected chi connectivity index (χ4v) is 3.24. The van der Waals surface area contributed by atoms with Crippen molar-refractivity contribution in [3.8, 4) is 0 Å². The van der Waals surface area contributed by atoms with Crippen molar-refractivity contribution >= 4 is 5.97 Å². The summed E-state index contributed by atoms with van der Waals surface area (Å²) in [5.74, 6) is -0.152. The van der Waals surface area contributed by atoms with Gasteiger partial charge in [-0.3, -0.25) is 4.79 Å². The number of hydrogen-bond acceptors (Lipinski definition) is 4. The molecule has 1 fully saturated rings. The lowest BCUT2D eigenvalue weighted by atomic mass is 9.85. The van der Waals surface area contributed by atoms with Crippen molar-refractivity contribution in [2.24, 2.45) is 5.41 Å². The first kappa shape index (κ1) is 18.4. The molecule has 0 radical (unpaired) electrons. The quantitative estimate of drug-likeness (QED) is 0.734. The topological polar surface area (TPSA) is 41.6 Å². The number of carbonyl (C=O) groups is 1. The Morgan fingerprint density at radius 2 is 2.05 bits per heavy atom. The van der Waals surface area contributed by atoms with E-state index in [9.17, 15) is 4.79 Å². The van der Waals surface area contributed by atoms with Crippen molar-refractivity contribution in [3.63, 3.8) is 0 Å². The molecule has 0 aromatic rings. The van der Waals surface area contributed by atoms with E-state index in [0.29, 0.717) is 5.41 Å². The van der Waals surface area contributed by atoms with Gasteiger partial charge in [-0.05, 0) is 70.6 Å². The van der Waals surface area contributed by atoms with E-state index in [-0.39, 0.29) is 5.97 Å². The third-order valence-electron chi connectivity index (χ3n) is 4.79. The van der Waals surface area contributed by atoms with Crippen LogP contribution in [0.4, 0.5) is 0 Å². The second-order valence-corrected chi connectivity index (χ2v) is 7.32. The van der Waals surface area contributed by atoms with E-state index in [1.54, 1.807) is 0 Å². The summed E-state index contributed by atoms with van der Waals surface area (Å²) in [6.07, 6.45) is 5.73. The SMILES string of the molecule is CCNC(C)(CCCN1CCCC(C)(C)CC1)C(=O)OC. The van der Waals surface area contributed by atoms with Gasteiger partial charge in [0.15, 0.2) is 0 Å². The zero-order valence-corrected chi connectivity index (χ0v) is 14.6. The number of ether oxygens (including phenoxy) is 1. The molecule has 21 heavy (non-hydrogen) atoms. The third-order valence-corrected chi connectivity index (χ3v) is 4.79. The number of esters is 1. The Morgan fingerprint density at radius 1 is 1.33 bits per heavy atom. The van der Waals surface area contributed by atoms with Crippen LogP contribution in [0.15, 0.2) is 0 Å². The summed E-state index contributed by atoms with van der Waals surface area (Å²) in [5.41, 5.74) is -0.0618. The minimum absolute atomic E-state index is 0.152. The average Bonchev–Trinajstić information content (AvgIpc) is 2.59. The molecule has 1 heterocycles. The molecule has 0 bridgehead atoms. The number of likely N-dealkylation sites (tertiary alicyclic amines) is 1. The summed E-state index contributed by atoms with van der Waals surface area (Å²) in [4.78, 5) is 14.5. The number of likely N-dealkylation sites (N-methyl/N-ethyl adjacent to an activating group) is 1. The second kappa shape index (κ2) is 8.14. The molecule has 1 aliphatic rings. The van der Waals surface area contributed by atoms with Gasteiger partial charge in [0.25, 0.3) is 0 Å². The van der Waals surface area contributed by atoms with Crippen molar-refractivity contribution in [3.05, 3.63) is 0 Å². The Balaban J connectivity index is 2.42. The molecular formula is C17H34N2O2. The van der Waals surface area contributed by atoms with Crippen LogP contribution in [0.3, 0.4) is 0 Å². The van der Waals surface area contributed by atoms with Gasteiger partial charge >= 0.3 is 5.97 Å². The number of methoxy groups -OCH3 is 1. The van der Waals surface area contributed by atoms with Gasteiger partial charge in [0, 0.05) is 0 Å². The average molecular weight is 298 g/mol. The minimum Gasteiger partial charge on any atom is -0.468 e. The Morgan fingerprint density at radius 3 is 2.67 bits per heavy atom. The predicted octanol–water partition coefficient (Wildman–Crippen LogP) is 2.82. The molecular weight excluding hydrogens is 264 g/mol. The van der Waals surface area contributed by atoms with Crippen molar-refractivity contribution < 1.29 is 9.53 Å². The highest BCUT2D eigenvalue weighted by atomic mass is 16.5. The van der Waals surface area contributed by atoms with E-state index in [4.69, 9.17) is 4.74 Å². The molecule has 1 rings (SSSR count). The van der Waals surface area contributed by atoms with Crippen LogP contribution in [-0.2, 0) is 9.53 Å². The summed E-state index contributed by atoms with van der Waals surface area (Å²) < 4.78 is 4.94. The van der Waals surface area contributed by atoms with Crippen LogP contribution < -0.4 is 5.32 Å². The van der Waals surface area contributed by atoms with Crippen molar-refractivity contribution in [2.75, 3.05) is 33.3 Å². The largest absolute Gasteiger partial charge is 0.468 e. The maximum absolute atomic E-state index is 11.9. The van der Waals surface area contributed by atoms with Gasteiger partial charge in [0.2, 0.25) is 0 Å². The van der Waals surface area contributed by atoms with Crippen molar-refractivity contribution in [2.45, 2.75) is 65.3 Å². The van der Waals surface area contributed by atoms with Crippen molar-refractivity contribution in [1.82, 2.24) is 10.2 Å². The molecule has 1 atom stereocenters. The van der Waals surface area contributed by atoms with Crippen LogP contribution in [0.25, 0.3) is 0 Å². The van der Waals surface area contributed by atoms with Crippen LogP contribution in [0.2, 0.25) is 0 Å². The molecule has 0 aromatic heterocycles. The molecule has 0 amide bonds. The number of nitrogens with zero attached hydrogens (tertiary/aromatic N) is 1. The van der Waals surface area contributed by atoms with Crippen LogP contribution in [-0.4, -0.2) is 49.7 Å². The molecule has 4 heteroatoms. The number of carbonyl (C=O) groups excluding carboxylic acids is 1. The highest BCUT2D eigenvalue weighted by Gasteiger charge is 2.33. The fraction of sp³-hybridized carbons (Fsp3) is 0.941. The summed E-state index contributed by atoms with van der Waals surface area (Å²) in [7, 11) is 1.47. The number of hydrogen-bond donors (Lipinski definition) is 1. The second-order valence-electron chi connectivity index (χ2n) is 7.32. The van der Waals surface area contributed by atoms with E-state index >= 15 is 0 Å². The Hall–Kier alpha value is -0.610. The normalized spacial score (nSPS) is 22.3. The summed E-state index contributed by atoms with van der Waals surface area (Å²) >= 11 is 0. The Kier molecular flexibility index (Phi) is 7.14. The molecule has 0 aromatic carbocycles. The molecule has 1 unspecified atom stereocenters. The summed E-state index contributed by atoms with van der Waals surface area (Å²) in [6, 6.07) is 0. The van der Waals surface area contributed by atoms with Gasteiger partial charge in [-0.1, -0.05) is 20.8 Å². The lowest BCUT2D eigenvalue weighted by molar-refractivity contribution is -0.148. The van der Waals surface area contributed by atoms with Crippen LogP contribution in [0.5, 0.6) is 0 Å². The maximum atomic E-state index is 11.9. The maximum Gasteiger partial charge on any atom is 0.325 e. The van der Waals surface area contributed by atoms with E-state index in [1.807, 2.05) is 13.8 Å². The first-order chi connectivity index (χ1) is 9.83. The van der Waals surface area contributed by atoms with Gasteiger partial charge in [0.05, 0.1) is 7.11 Å². The molecule has 1 N–H and O–H groups in total. The summed E-state index contributed by atoms with van der Waals surface area (Å²) in [6.45, 7) is 13.0. The Bertz CT molecular complexity index is 331. The minimum atomic E-state index is -0.547. The van der Waals surface area contributed by atoms with Gasteiger partial charge in [0.1, 0.15) is 5.54 Å². The van der Waals surface area contributed by atoms with Gasteiger partial charge in [-0.15, -0.1) is 0 Å². The monoisotopic (exact) mass is 298 g/mol. The molecule has 0 aliphatic carbocycles. The van der Waals surface area contributed by atoms with E-state index < -0.39 is 5.54 Å². The molecule has 4 nitrogen and oxygen atoms in total. The Labute approximate surface area is 130 Å². The summed E-state index contributed by atoms with van der Waals surface area (Å²) in [5, 5.41) is 3.28. The van der Waals surface area contributed by atoms with Crippen LogP contribution >= 0.6 is 0 Å². The van der Waals surface area contributed by atoms with Gasteiger partial charge < -0.3 is 15.0 Å². The highest BCUT2D eigenvalue weighted by molar-refractivity contribution is 5.80. The van der Waals surface area contributed by atoms with Crippen LogP contribution in [0.1, 0.15) is 59.8 Å².